The van der Waals surface area contributed by atoms with Gasteiger partial charge in [0.2, 0.25) is 0 Å². The van der Waals surface area contributed by atoms with E-state index in [2.05, 4.69) is 10.5 Å². The Morgan fingerprint density at radius 3 is 2.82 bits per heavy atom. The zero-order valence-electron chi connectivity index (χ0n) is 10.0. The average Bonchev–Trinajstić information content (AvgIpc) is 2.28. The minimum atomic E-state index is -0.250. The largest absolute Gasteiger partial charge is 0.409 e. The summed E-state index contributed by atoms with van der Waals surface area (Å²) in [6.07, 6.45) is 0.441. The summed E-state index contributed by atoms with van der Waals surface area (Å²) in [6, 6.07) is 6.49. The lowest BCUT2D eigenvalue weighted by atomic mass is 10.1. The third-order valence-corrected chi connectivity index (χ3v) is 2.53. The number of hydrogen-bond donors (Lipinski definition) is 3. The maximum Gasteiger partial charge on any atom is 0.140 e. The van der Waals surface area contributed by atoms with Crippen LogP contribution in [0.25, 0.3) is 0 Å². The second-order valence-electron chi connectivity index (χ2n) is 4.14. The Morgan fingerprint density at radius 1 is 1.53 bits per heavy atom. The maximum absolute atomic E-state index is 13.0. The molecule has 17 heavy (non-hydrogen) atoms. The van der Waals surface area contributed by atoms with Gasteiger partial charge in [-0.3, -0.25) is 0 Å². The van der Waals surface area contributed by atoms with Crippen molar-refractivity contribution in [1.82, 2.24) is 5.32 Å². The predicted molar refractivity (Wildman–Crippen MR) is 65.4 cm³/mol. The van der Waals surface area contributed by atoms with Gasteiger partial charge in [0.1, 0.15) is 11.7 Å². The number of benzene rings is 1. The van der Waals surface area contributed by atoms with Gasteiger partial charge in [-0.25, -0.2) is 4.39 Å². The lowest BCUT2D eigenvalue weighted by Crippen LogP contribution is -2.33. The van der Waals surface area contributed by atoms with Crippen LogP contribution < -0.4 is 11.1 Å². The monoisotopic (exact) mass is 239 g/mol. The van der Waals surface area contributed by atoms with Crippen LogP contribution in [0.2, 0.25) is 0 Å². The van der Waals surface area contributed by atoms with E-state index < -0.39 is 0 Å². The number of nitrogens with two attached hydrogens (primary N) is 1. The van der Waals surface area contributed by atoms with E-state index >= 15 is 0 Å². The first kappa shape index (κ1) is 13.4. The van der Waals surface area contributed by atoms with E-state index in [4.69, 9.17) is 10.9 Å². The van der Waals surface area contributed by atoms with E-state index in [0.717, 1.165) is 5.56 Å². The number of hydrogen-bond acceptors (Lipinski definition) is 3. The average molecular weight is 239 g/mol. The van der Waals surface area contributed by atoms with Crippen LogP contribution in [0.5, 0.6) is 0 Å². The molecule has 0 aliphatic rings. The van der Waals surface area contributed by atoms with Crippen molar-refractivity contribution < 1.29 is 9.60 Å². The van der Waals surface area contributed by atoms with E-state index in [0.29, 0.717) is 6.42 Å². The van der Waals surface area contributed by atoms with E-state index in [1.54, 1.807) is 6.07 Å². The van der Waals surface area contributed by atoms with Crippen LogP contribution in [0.1, 0.15) is 31.9 Å². The summed E-state index contributed by atoms with van der Waals surface area (Å²) in [4.78, 5) is 0. The first-order valence-electron chi connectivity index (χ1n) is 5.51. The second kappa shape index (κ2) is 6.20. The zero-order chi connectivity index (χ0) is 12.8. The van der Waals surface area contributed by atoms with E-state index in [-0.39, 0.29) is 23.7 Å². The van der Waals surface area contributed by atoms with Gasteiger partial charge in [-0.05, 0) is 31.5 Å². The first-order valence-corrected chi connectivity index (χ1v) is 5.51. The molecule has 0 saturated carbocycles. The molecular weight excluding hydrogens is 221 g/mol. The Morgan fingerprint density at radius 2 is 2.24 bits per heavy atom. The van der Waals surface area contributed by atoms with Crippen molar-refractivity contribution in [2.75, 3.05) is 0 Å². The van der Waals surface area contributed by atoms with Gasteiger partial charge < -0.3 is 16.3 Å². The van der Waals surface area contributed by atoms with Crippen LogP contribution in [-0.2, 0) is 0 Å². The Kier molecular flexibility index (Phi) is 4.90. The lowest BCUT2D eigenvalue weighted by Gasteiger charge is -2.19. The highest BCUT2D eigenvalue weighted by atomic mass is 19.1. The van der Waals surface area contributed by atoms with Crippen molar-refractivity contribution in [2.45, 2.75) is 32.4 Å². The molecule has 1 aromatic rings. The van der Waals surface area contributed by atoms with Gasteiger partial charge >= 0.3 is 0 Å². The fraction of sp³-hybridized carbons (Fsp3) is 0.417. The third-order valence-electron chi connectivity index (χ3n) is 2.53. The molecule has 0 amide bonds. The molecule has 94 valence electrons. The number of nitrogens with zero attached hydrogens (tertiary/aromatic N) is 1. The molecular formula is C12H18FN3O. The summed E-state index contributed by atoms with van der Waals surface area (Å²) in [5.74, 6) is -0.0725. The van der Waals surface area contributed by atoms with Crippen LogP contribution in [0.4, 0.5) is 4.39 Å². The Labute approximate surface area is 100 Å². The smallest absolute Gasteiger partial charge is 0.140 e. The summed E-state index contributed by atoms with van der Waals surface area (Å²) in [6.45, 7) is 3.87. The molecule has 1 rings (SSSR count). The van der Waals surface area contributed by atoms with Gasteiger partial charge in [0, 0.05) is 18.5 Å². The molecule has 0 aliphatic carbocycles. The standard InChI is InChI=1S/C12H18FN3O/c1-8(6-12(14)16-17)15-9(2)10-4-3-5-11(13)7-10/h3-5,7-9,15,17H,6H2,1-2H3,(H2,14,16)/t8?,9-/m1/s1. The molecule has 4 N–H and O–H groups in total. The van der Waals surface area contributed by atoms with Gasteiger partial charge in [-0.2, -0.15) is 0 Å². The molecule has 0 heterocycles. The number of rotatable bonds is 5. The molecule has 0 bridgehead atoms. The SMILES string of the molecule is CC(C/C(N)=N/O)N[C@H](C)c1cccc(F)c1. The highest BCUT2D eigenvalue weighted by molar-refractivity contribution is 5.80. The third kappa shape index (κ3) is 4.40. The van der Waals surface area contributed by atoms with E-state index in [9.17, 15) is 4.39 Å². The fourth-order valence-corrected chi connectivity index (χ4v) is 1.71. The summed E-state index contributed by atoms with van der Waals surface area (Å²) in [7, 11) is 0. The molecule has 1 aromatic carbocycles. The van der Waals surface area contributed by atoms with Crippen molar-refractivity contribution in [3.8, 4) is 0 Å². The van der Waals surface area contributed by atoms with Crippen molar-refractivity contribution in [1.29, 1.82) is 0 Å². The molecule has 0 aliphatic heterocycles. The van der Waals surface area contributed by atoms with Crippen LogP contribution in [0, 0.1) is 5.82 Å². The number of nitrogens with one attached hydrogen (secondary N) is 1. The van der Waals surface area contributed by atoms with Gasteiger partial charge in [0.25, 0.3) is 0 Å². The molecule has 0 aromatic heterocycles. The molecule has 4 nitrogen and oxygen atoms in total. The number of oxime groups is 1. The Bertz CT molecular complexity index is 395. The molecule has 1 unspecified atom stereocenters. The Hall–Kier alpha value is -1.62. The number of amidine groups is 1. The summed E-state index contributed by atoms with van der Waals surface area (Å²) in [5.41, 5.74) is 6.28. The van der Waals surface area contributed by atoms with Gasteiger partial charge in [-0.1, -0.05) is 17.3 Å². The quantitative estimate of drug-likeness (QED) is 0.318. The highest BCUT2D eigenvalue weighted by Gasteiger charge is 2.11. The van der Waals surface area contributed by atoms with Crippen LogP contribution in [-0.4, -0.2) is 17.1 Å². The second-order valence-corrected chi connectivity index (χ2v) is 4.14. The molecule has 0 radical (unpaired) electrons. The minimum Gasteiger partial charge on any atom is -0.409 e. The van der Waals surface area contributed by atoms with Crippen molar-refractivity contribution in [3.63, 3.8) is 0 Å². The van der Waals surface area contributed by atoms with Gasteiger partial charge in [0.05, 0.1) is 0 Å². The van der Waals surface area contributed by atoms with Crippen molar-refractivity contribution in [2.24, 2.45) is 10.9 Å². The predicted octanol–water partition coefficient (Wildman–Crippen LogP) is 2.00. The number of halogens is 1. The molecule has 5 heteroatoms. The summed E-state index contributed by atoms with van der Waals surface area (Å²) in [5, 5.41) is 14.6. The minimum absolute atomic E-state index is 0.00666. The fourth-order valence-electron chi connectivity index (χ4n) is 1.71. The molecule has 2 atom stereocenters. The van der Waals surface area contributed by atoms with Gasteiger partial charge in [0.15, 0.2) is 0 Å². The maximum atomic E-state index is 13.0. The van der Waals surface area contributed by atoms with Crippen LogP contribution in [0.3, 0.4) is 0 Å². The lowest BCUT2D eigenvalue weighted by molar-refractivity contribution is 0.315. The summed E-state index contributed by atoms with van der Waals surface area (Å²) < 4.78 is 13.0. The summed E-state index contributed by atoms with van der Waals surface area (Å²) >= 11 is 0. The normalized spacial score (nSPS) is 15.6. The highest BCUT2D eigenvalue weighted by Crippen LogP contribution is 2.14. The molecule has 0 fully saturated rings. The van der Waals surface area contributed by atoms with E-state index in [1.807, 2.05) is 19.9 Å². The topological polar surface area (TPSA) is 70.6 Å². The van der Waals surface area contributed by atoms with Crippen LogP contribution in [0.15, 0.2) is 29.4 Å². The van der Waals surface area contributed by atoms with Gasteiger partial charge in [-0.15, -0.1) is 0 Å². The Balaban J connectivity index is 2.57. The molecule has 0 saturated heterocycles. The van der Waals surface area contributed by atoms with Crippen LogP contribution >= 0.6 is 0 Å². The zero-order valence-corrected chi connectivity index (χ0v) is 10.0. The molecule has 0 spiro atoms. The van der Waals surface area contributed by atoms with Crippen molar-refractivity contribution in [3.05, 3.63) is 35.6 Å². The van der Waals surface area contributed by atoms with Crippen molar-refractivity contribution >= 4 is 5.84 Å². The van der Waals surface area contributed by atoms with E-state index in [1.165, 1.54) is 12.1 Å². The first-order chi connectivity index (χ1) is 8.02.